The first-order valence-corrected chi connectivity index (χ1v) is 7.99. The molecule has 3 nitrogen and oxygen atoms in total. The molecular weight excluding hydrogens is 400 g/mol. The molecule has 0 spiro atoms. The minimum absolute atomic E-state index is 0.0344. The molecule has 2 rings (SSSR count). The summed E-state index contributed by atoms with van der Waals surface area (Å²) >= 11 is 7.12. The molecule has 0 atom stereocenters. The molecule has 0 aromatic heterocycles. The number of allylic oxidation sites excluding steroid dienone is 5. The molecule has 1 aliphatic rings. The van der Waals surface area contributed by atoms with E-state index >= 15 is 0 Å². The second kappa shape index (κ2) is 7.18. The minimum atomic E-state index is -0.0344. The zero-order chi connectivity index (χ0) is 15.4. The van der Waals surface area contributed by atoms with Gasteiger partial charge >= 0.3 is 0 Å². The Kier molecular flexibility index (Phi) is 5.53. The van der Waals surface area contributed by atoms with Crippen molar-refractivity contribution in [1.29, 1.82) is 0 Å². The summed E-state index contributed by atoms with van der Waals surface area (Å²) in [5, 5.41) is 9.62. The monoisotopic (exact) mass is 414 g/mol. The zero-order valence-corrected chi connectivity index (χ0v) is 15.0. The first kappa shape index (κ1) is 16.2. The number of methoxy groups -OCH3 is 2. The predicted octanol–water partition coefficient (Wildman–Crippen LogP) is 5.03. The van der Waals surface area contributed by atoms with Crippen LogP contribution in [0.3, 0.4) is 0 Å². The van der Waals surface area contributed by atoms with Crippen molar-refractivity contribution in [2.45, 2.75) is 12.8 Å². The highest BCUT2D eigenvalue weighted by Crippen LogP contribution is 2.33. The Morgan fingerprint density at radius 1 is 1.29 bits per heavy atom. The van der Waals surface area contributed by atoms with E-state index in [0.717, 1.165) is 26.7 Å². The van der Waals surface area contributed by atoms with Crippen LogP contribution in [0, 0.1) is 0 Å². The molecule has 0 unspecified atom stereocenters. The molecule has 0 bridgehead atoms. The number of benzene rings is 1. The lowest BCUT2D eigenvalue weighted by molar-refractivity contribution is 0.132. The number of aliphatic hydroxyl groups is 1. The number of halogens is 2. The van der Waals surface area contributed by atoms with Gasteiger partial charge < -0.3 is 14.6 Å². The first-order valence-electron chi connectivity index (χ1n) is 6.40. The van der Waals surface area contributed by atoms with Gasteiger partial charge in [0.1, 0.15) is 5.75 Å². The van der Waals surface area contributed by atoms with E-state index in [4.69, 9.17) is 9.47 Å². The highest BCUT2D eigenvalue weighted by molar-refractivity contribution is 9.12. The van der Waals surface area contributed by atoms with Gasteiger partial charge in [0.25, 0.3) is 5.95 Å². The third-order valence-corrected chi connectivity index (χ3v) is 4.76. The third-order valence-electron chi connectivity index (χ3n) is 3.29. The molecule has 1 aromatic carbocycles. The molecule has 0 saturated carbocycles. The Hall–Kier alpha value is -1.20. The highest BCUT2D eigenvalue weighted by Gasteiger charge is 2.14. The smallest absolute Gasteiger partial charge is 0.280 e. The maximum Gasteiger partial charge on any atom is 0.280 e. The molecule has 0 saturated heterocycles. The van der Waals surface area contributed by atoms with Crippen LogP contribution in [-0.2, 0) is 11.2 Å². The fraction of sp³-hybridized carbons (Fsp3) is 0.250. The quantitative estimate of drug-likeness (QED) is 0.701. The number of hydrogen-bond acceptors (Lipinski definition) is 3. The fourth-order valence-corrected chi connectivity index (χ4v) is 3.15. The SMILES string of the molecule is COC(O)=C1C=C(Br)C(Cc2ccc(OC)cc2Br)=CC1. The summed E-state index contributed by atoms with van der Waals surface area (Å²) in [6, 6.07) is 5.95. The summed E-state index contributed by atoms with van der Waals surface area (Å²) in [4.78, 5) is 0. The predicted molar refractivity (Wildman–Crippen MR) is 90.8 cm³/mol. The van der Waals surface area contributed by atoms with Crippen molar-refractivity contribution >= 4 is 31.9 Å². The Bertz CT molecular complexity index is 630. The van der Waals surface area contributed by atoms with E-state index in [2.05, 4.69) is 37.9 Å². The minimum Gasteiger partial charge on any atom is -0.497 e. The summed E-state index contributed by atoms with van der Waals surface area (Å²) < 4.78 is 12.0. The van der Waals surface area contributed by atoms with Crippen LogP contribution in [0.1, 0.15) is 12.0 Å². The van der Waals surface area contributed by atoms with Gasteiger partial charge in [-0.25, -0.2) is 0 Å². The van der Waals surface area contributed by atoms with E-state index < -0.39 is 0 Å². The molecule has 21 heavy (non-hydrogen) atoms. The van der Waals surface area contributed by atoms with Gasteiger partial charge in [-0.1, -0.05) is 44.0 Å². The molecule has 0 fully saturated rings. The van der Waals surface area contributed by atoms with Crippen LogP contribution < -0.4 is 4.74 Å². The van der Waals surface area contributed by atoms with Gasteiger partial charge in [0.15, 0.2) is 0 Å². The number of hydrogen-bond donors (Lipinski definition) is 1. The number of aliphatic hydroxyl groups excluding tert-OH is 1. The Labute approximate surface area is 141 Å². The van der Waals surface area contributed by atoms with Crippen LogP contribution in [0.5, 0.6) is 5.75 Å². The Morgan fingerprint density at radius 2 is 2.05 bits per heavy atom. The van der Waals surface area contributed by atoms with E-state index in [0.29, 0.717) is 6.42 Å². The van der Waals surface area contributed by atoms with Gasteiger partial charge in [0.05, 0.1) is 14.2 Å². The van der Waals surface area contributed by atoms with Gasteiger partial charge in [0, 0.05) is 14.5 Å². The van der Waals surface area contributed by atoms with Crippen LogP contribution in [0.15, 0.2) is 56.4 Å². The molecule has 5 heteroatoms. The molecule has 0 amide bonds. The molecular formula is C16H16Br2O3. The van der Waals surface area contributed by atoms with Crippen LogP contribution in [0.2, 0.25) is 0 Å². The van der Waals surface area contributed by atoms with Crippen molar-refractivity contribution in [3.63, 3.8) is 0 Å². The van der Waals surface area contributed by atoms with Crippen molar-refractivity contribution in [1.82, 2.24) is 0 Å². The lowest BCUT2D eigenvalue weighted by Gasteiger charge is -2.15. The summed E-state index contributed by atoms with van der Waals surface area (Å²) in [7, 11) is 3.11. The molecule has 1 aliphatic carbocycles. The van der Waals surface area contributed by atoms with E-state index in [1.807, 2.05) is 24.3 Å². The highest BCUT2D eigenvalue weighted by atomic mass is 79.9. The Morgan fingerprint density at radius 3 is 2.62 bits per heavy atom. The van der Waals surface area contributed by atoms with Gasteiger partial charge in [0.2, 0.25) is 0 Å². The van der Waals surface area contributed by atoms with Gasteiger partial charge in [-0.05, 0) is 42.2 Å². The van der Waals surface area contributed by atoms with E-state index in [-0.39, 0.29) is 5.95 Å². The lowest BCUT2D eigenvalue weighted by atomic mass is 9.97. The van der Waals surface area contributed by atoms with Gasteiger partial charge in [-0.2, -0.15) is 0 Å². The lowest BCUT2D eigenvalue weighted by Crippen LogP contribution is -2.00. The largest absolute Gasteiger partial charge is 0.497 e. The van der Waals surface area contributed by atoms with Crippen LogP contribution in [-0.4, -0.2) is 19.3 Å². The first-order chi connectivity index (χ1) is 10.0. The summed E-state index contributed by atoms with van der Waals surface area (Å²) in [6.45, 7) is 0. The molecule has 1 aromatic rings. The topological polar surface area (TPSA) is 38.7 Å². The summed E-state index contributed by atoms with van der Waals surface area (Å²) in [6.07, 6.45) is 5.43. The standard InChI is InChI=1S/C16H16Br2O3/c1-20-13-6-5-11(15(18)9-13)7-10-3-4-12(8-14(10)17)16(19)21-2/h3,5-6,8-9,19H,4,7H2,1-2H3. The van der Waals surface area contributed by atoms with Crippen molar-refractivity contribution < 1.29 is 14.6 Å². The second-order valence-corrected chi connectivity index (χ2v) is 6.30. The third kappa shape index (κ3) is 3.92. The molecule has 0 aliphatic heterocycles. The second-order valence-electron chi connectivity index (χ2n) is 4.59. The van der Waals surface area contributed by atoms with E-state index in [1.165, 1.54) is 18.2 Å². The molecule has 112 valence electrons. The summed E-state index contributed by atoms with van der Waals surface area (Å²) in [5.74, 6) is 0.793. The van der Waals surface area contributed by atoms with E-state index in [1.54, 1.807) is 7.11 Å². The van der Waals surface area contributed by atoms with Crippen molar-refractivity contribution in [3.05, 3.63) is 62.0 Å². The average molecular weight is 416 g/mol. The average Bonchev–Trinajstić information content (AvgIpc) is 2.50. The molecule has 0 heterocycles. The van der Waals surface area contributed by atoms with Crippen LogP contribution in [0.4, 0.5) is 0 Å². The van der Waals surface area contributed by atoms with Crippen LogP contribution in [0.25, 0.3) is 0 Å². The van der Waals surface area contributed by atoms with Gasteiger partial charge in [-0.3, -0.25) is 0 Å². The normalized spacial score (nSPS) is 17.0. The van der Waals surface area contributed by atoms with Crippen molar-refractivity contribution in [2.75, 3.05) is 14.2 Å². The Balaban J connectivity index is 2.19. The van der Waals surface area contributed by atoms with Crippen molar-refractivity contribution in [3.8, 4) is 5.75 Å². The maximum absolute atomic E-state index is 9.62. The molecule has 0 radical (unpaired) electrons. The fourth-order valence-electron chi connectivity index (χ4n) is 2.08. The molecule has 1 N–H and O–H groups in total. The summed E-state index contributed by atoms with van der Waals surface area (Å²) in [5.41, 5.74) is 3.12. The number of rotatable bonds is 4. The van der Waals surface area contributed by atoms with E-state index in [9.17, 15) is 5.11 Å². The van der Waals surface area contributed by atoms with Crippen molar-refractivity contribution in [2.24, 2.45) is 0 Å². The number of ether oxygens (including phenoxy) is 2. The van der Waals surface area contributed by atoms with Gasteiger partial charge in [-0.15, -0.1) is 0 Å². The maximum atomic E-state index is 9.62. The van der Waals surface area contributed by atoms with Crippen LogP contribution >= 0.6 is 31.9 Å². The zero-order valence-electron chi connectivity index (χ0n) is 11.8.